The molecule has 0 unspecified atom stereocenters. The van der Waals surface area contributed by atoms with Crippen molar-refractivity contribution in [2.24, 2.45) is 0 Å². The molecule has 0 fully saturated rings. The summed E-state index contributed by atoms with van der Waals surface area (Å²) in [6.45, 7) is 7.76. The Balaban J connectivity index is -0.0000000440. The fourth-order valence-corrected chi connectivity index (χ4v) is 0.828. The number of carbonyl (C=O) groups is 1. The van der Waals surface area contributed by atoms with Gasteiger partial charge in [-0.15, -0.1) is 12.5 Å². The molecule has 0 rings (SSSR count). The van der Waals surface area contributed by atoms with E-state index in [1.165, 1.54) is 12.8 Å². The molecular weight excluding hydrogens is 402 g/mol. The number of rotatable bonds is 7. The Morgan fingerprint density at radius 3 is 2.00 bits per heavy atom. The Kier molecular flexibility index (Phi) is 68.8. The maximum atomic E-state index is 9.97. The van der Waals surface area contributed by atoms with Crippen LogP contribution in [0.3, 0.4) is 0 Å². The largest absolute Gasteiger partial charge is 0.481 e. The monoisotopic (exact) mass is 432 g/mol. The number of unbranched alkanes of at least 4 members (excludes halogenated alkanes) is 3. The molecule has 0 aliphatic heterocycles. The van der Waals surface area contributed by atoms with Gasteiger partial charge in [-0.1, -0.05) is 26.3 Å². The minimum absolute atomic E-state index is 0. The molecule has 0 aromatic rings. The molecule has 20 heavy (non-hydrogen) atoms. The fraction of sp³-hybridized carbons (Fsp3) is 0.438. The van der Waals surface area contributed by atoms with E-state index >= 15 is 0 Å². The second kappa shape index (κ2) is 36.8. The normalized spacial score (nSPS) is 8.30. The Bertz CT molecular complexity index is 203. The second-order valence-electron chi connectivity index (χ2n) is 3.26. The molecule has 0 aliphatic carbocycles. The first-order valence-electron chi connectivity index (χ1n) is 5.81. The molecular formula is C16H30O2Y2-4. The fourth-order valence-electron chi connectivity index (χ4n) is 0.828. The van der Waals surface area contributed by atoms with Gasteiger partial charge in [0.05, 0.1) is 6.42 Å². The summed E-state index contributed by atoms with van der Waals surface area (Å²) in [5.74, 6) is -0.771. The predicted molar refractivity (Wildman–Crippen MR) is 82.8 cm³/mol. The van der Waals surface area contributed by atoms with E-state index in [4.69, 9.17) is 5.11 Å². The van der Waals surface area contributed by atoms with E-state index in [2.05, 4.69) is 33.3 Å². The Morgan fingerprint density at radius 2 is 1.70 bits per heavy atom. The van der Waals surface area contributed by atoms with Gasteiger partial charge in [-0.3, -0.25) is 4.79 Å². The van der Waals surface area contributed by atoms with Crippen LogP contribution in [-0.4, -0.2) is 11.1 Å². The quantitative estimate of drug-likeness (QED) is 0.346. The number of aliphatic carboxylic acids is 1. The van der Waals surface area contributed by atoms with Crippen LogP contribution < -0.4 is 0 Å². The second-order valence-corrected chi connectivity index (χ2v) is 3.26. The third kappa shape index (κ3) is 50.9. The van der Waals surface area contributed by atoms with Crippen LogP contribution in [0.4, 0.5) is 0 Å². The summed E-state index contributed by atoms with van der Waals surface area (Å²) in [6.07, 6.45) is 14.0. The molecule has 2 nitrogen and oxygen atoms in total. The molecule has 0 amide bonds. The van der Waals surface area contributed by atoms with E-state index in [0.717, 1.165) is 12.8 Å². The SMILES string of the molecule is CC[CH-]CC=CCC(=O)O.[CH2-]C=CCCC.[CH3-].[CH3-].[Y].[Y]. The van der Waals surface area contributed by atoms with E-state index < -0.39 is 5.97 Å². The molecule has 2 radical (unpaired) electrons. The van der Waals surface area contributed by atoms with Gasteiger partial charge in [0, 0.05) is 65.4 Å². The zero-order chi connectivity index (χ0) is 12.6. The number of allylic oxidation sites excluding steroid dienone is 3. The molecule has 0 heterocycles. The summed E-state index contributed by atoms with van der Waals surface area (Å²) in [6, 6.07) is 0. The van der Waals surface area contributed by atoms with Crippen LogP contribution in [0.25, 0.3) is 0 Å². The van der Waals surface area contributed by atoms with E-state index in [1.54, 1.807) is 6.08 Å². The van der Waals surface area contributed by atoms with Crippen LogP contribution in [0.1, 0.15) is 46.0 Å². The summed E-state index contributed by atoms with van der Waals surface area (Å²) in [5.41, 5.74) is 0. The molecule has 0 saturated heterocycles. The topological polar surface area (TPSA) is 37.3 Å². The van der Waals surface area contributed by atoms with Crippen molar-refractivity contribution in [3.8, 4) is 0 Å². The van der Waals surface area contributed by atoms with Crippen LogP contribution in [0.15, 0.2) is 24.3 Å². The van der Waals surface area contributed by atoms with Gasteiger partial charge >= 0.3 is 5.97 Å². The number of carboxylic acid groups (broad SMARTS) is 1. The van der Waals surface area contributed by atoms with E-state index in [0.29, 0.717) is 0 Å². The number of hydrogen-bond donors (Lipinski definition) is 1. The van der Waals surface area contributed by atoms with Crippen LogP contribution in [0.5, 0.6) is 0 Å². The molecule has 4 heteroatoms. The summed E-state index contributed by atoms with van der Waals surface area (Å²) in [7, 11) is 0. The van der Waals surface area contributed by atoms with E-state index in [1.807, 2.05) is 12.2 Å². The minimum Gasteiger partial charge on any atom is -0.481 e. The van der Waals surface area contributed by atoms with Gasteiger partial charge in [0.1, 0.15) is 0 Å². The number of carboxylic acids is 1. The van der Waals surface area contributed by atoms with Gasteiger partial charge in [-0.05, 0) is 0 Å². The van der Waals surface area contributed by atoms with Crippen molar-refractivity contribution in [1.29, 1.82) is 0 Å². The van der Waals surface area contributed by atoms with E-state index in [9.17, 15) is 4.79 Å². The molecule has 0 bridgehead atoms. The standard InChI is InChI=1S/C8H13O2.C6H11.2CH3.2Y/c1-2-3-4-5-6-7-8(9)10;1-3-5-6-4-2;;;;/h3,5-6H,2,4,7H2,1H3,(H,9,10);3,5H,1,4,6H2,2H3;2*1H3;;/q4*-1;;. The third-order valence-electron chi connectivity index (χ3n) is 1.67. The van der Waals surface area contributed by atoms with Crippen molar-refractivity contribution in [3.05, 3.63) is 52.5 Å². The Hall–Kier alpha value is 1.03. The Labute approximate surface area is 178 Å². The first-order chi connectivity index (χ1) is 7.68. The average Bonchev–Trinajstić information content (AvgIpc) is 2.26. The van der Waals surface area contributed by atoms with Gasteiger partial charge in [0.15, 0.2) is 0 Å². The van der Waals surface area contributed by atoms with Crippen LogP contribution in [0.2, 0.25) is 0 Å². The molecule has 0 aromatic carbocycles. The Morgan fingerprint density at radius 1 is 1.15 bits per heavy atom. The summed E-state index contributed by atoms with van der Waals surface area (Å²) in [5, 5.41) is 8.21. The zero-order valence-corrected chi connectivity index (χ0v) is 19.3. The van der Waals surface area contributed by atoms with Crippen LogP contribution in [-0.2, 0) is 70.2 Å². The maximum absolute atomic E-state index is 9.97. The van der Waals surface area contributed by atoms with Crippen molar-refractivity contribution in [2.75, 3.05) is 0 Å². The first-order valence-corrected chi connectivity index (χ1v) is 5.81. The zero-order valence-electron chi connectivity index (χ0n) is 13.6. The van der Waals surface area contributed by atoms with Crippen molar-refractivity contribution in [2.45, 2.75) is 46.0 Å². The van der Waals surface area contributed by atoms with Gasteiger partial charge in [0.25, 0.3) is 0 Å². The van der Waals surface area contributed by atoms with Crippen LogP contribution in [0, 0.1) is 28.2 Å². The number of hydrogen-bond acceptors (Lipinski definition) is 1. The van der Waals surface area contributed by atoms with Gasteiger partial charge in [-0.25, -0.2) is 19.1 Å². The summed E-state index contributed by atoms with van der Waals surface area (Å²) in [4.78, 5) is 9.97. The molecule has 0 atom stereocenters. The van der Waals surface area contributed by atoms with Gasteiger partial charge < -0.3 is 26.4 Å². The molecule has 0 spiro atoms. The van der Waals surface area contributed by atoms with E-state index in [-0.39, 0.29) is 86.7 Å². The maximum Gasteiger partial charge on any atom is 0.307 e. The minimum atomic E-state index is -0.771. The van der Waals surface area contributed by atoms with Crippen molar-refractivity contribution < 1.29 is 75.3 Å². The molecule has 0 aliphatic rings. The van der Waals surface area contributed by atoms with Crippen molar-refractivity contribution in [1.82, 2.24) is 0 Å². The van der Waals surface area contributed by atoms with Crippen LogP contribution >= 0.6 is 0 Å². The molecule has 116 valence electrons. The van der Waals surface area contributed by atoms with Crippen molar-refractivity contribution >= 4 is 5.97 Å². The van der Waals surface area contributed by atoms with Gasteiger partial charge in [-0.2, -0.15) is 12.8 Å². The molecule has 0 aromatic heterocycles. The van der Waals surface area contributed by atoms with Crippen molar-refractivity contribution in [3.63, 3.8) is 0 Å². The summed E-state index contributed by atoms with van der Waals surface area (Å²) >= 11 is 0. The third-order valence-corrected chi connectivity index (χ3v) is 1.67. The average molecular weight is 432 g/mol. The smallest absolute Gasteiger partial charge is 0.307 e. The first kappa shape index (κ1) is 37.3. The predicted octanol–water partition coefficient (Wildman–Crippen LogP) is 5.09. The molecule has 0 saturated carbocycles. The van der Waals surface area contributed by atoms with Gasteiger partial charge in [0.2, 0.25) is 0 Å². The summed E-state index contributed by atoms with van der Waals surface area (Å²) < 4.78 is 0. The molecule has 1 N–H and O–H groups in total.